The Morgan fingerprint density at radius 3 is 2.63 bits per heavy atom. The van der Waals surface area contributed by atoms with E-state index in [-0.39, 0.29) is 29.9 Å². The largest absolute Gasteiger partial charge is 0.387 e. The van der Waals surface area contributed by atoms with Crippen molar-refractivity contribution in [1.82, 2.24) is 14.5 Å². The van der Waals surface area contributed by atoms with Gasteiger partial charge in [0.2, 0.25) is 5.82 Å². The number of aliphatic hydroxyl groups is 2. The first kappa shape index (κ1) is 25.2. The summed E-state index contributed by atoms with van der Waals surface area (Å²) < 4.78 is 36.3. The third kappa shape index (κ3) is 5.50. The van der Waals surface area contributed by atoms with Crippen LogP contribution in [-0.4, -0.2) is 65.8 Å². The lowest BCUT2D eigenvalue weighted by Gasteiger charge is -2.19. The van der Waals surface area contributed by atoms with Gasteiger partial charge in [-0.1, -0.05) is 12.1 Å². The fourth-order valence-electron chi connectivity index (χ4n) is 3.82. The molecule has 3 heterocycles. The van der Waals surface area contributed by atoms with Gasteiger partial charge in [-0.15, -0.1) is 0 Å². The standard InChI is InChI=1S/C21H23FN5O7P/c1-11(12-2-4-13(22)5-3-12)24-19-14-6-7-27(20(14)26-16(8-23)25-19)21-18(29)17(28)15(34-21)9-33-10-35(30,31)32/h2-7,11,15,17-18,21,28-29H,9-10H2,1H3,(H,24,25,26)(H2,30,31,32)/t11?,15-,17-,18-,21-/m1/s1. The third-order valence-electron chi connectivity index (χ3n) is 5.55. The van der Waals surface area contributed by atoms with Crippen molar-refractivity contribution in [1.29, 1.82) is 5.26 Å². The topological polar surface area (TPSA) is 183 Å². The first-order valence-corrected chi connectivity index (χ1v) is 12.3. The van der Waals surface area contributed by atoms with Crippen molar-refractivity contribution in [3.63, 3.8) is 0 Å². The van der Waals surface area contributed by atoms with Gasteiger partial charge in [0.15, 0.2) is 6.23 Å². The molecule has 5 atom stereocenters. The summed E-state index contributed by atoms with van der Waals surface area (Å²) in [6, 6.07) is 9.17. The van der Waals surface area contributed by atoms with Gasteiger partial charge in [0, 0.05) is 12.2 Å². The van der Waals surface area contributed by atoms with Crippen molar-refractivity contribution < 1.29 is 38.4 Å². The normalized spacial score (nSPS) is 23.3. The number of benzene rings is 1. The minimum absolute atomic E-state index is 0.152. The van der Waals surface area contributed by atoms with Gasteiger partial charge in [-0.25, -0.2) is 14.4 Å². The highest BCUT2D eigenvalue weighted by Gasteiger charge is 2.44. The highest BCUT2D eigenvalue weighted by atomic mass is 31.2. The Morgan fingerprint density at radius 2 is 1.97 bits per heavy atom. The van der Waals surface area contributed by atoms with Crippen LogP contribution < -0.4 is 5.32 Å². The molecule has 5 N–H and O–H groups in total. The van der Waals surface area contributed by atoms with Crippen molar-refractivity contribution in [2.24, 2.45) is 0 Å². The second kappa shape index (κ2) is 9.96. The van der Waals surface area contributed by atoms with Crippen molar-refractivity contribution >= 4 is 24.4 Å². The Bertz CT molecular complexity index is 1290. The predicted molar refractivity (Wildman–Crippen MR) is 119 cm³/mol. The van der Waals surface area contributed by atoms with Crippen LogP contribution in [-0.2, 0) is 14.0 Å². The molecule has 1 fully saturated rings. The lowest BCUT2D eigenvalue weighted by molar-refractivity contribution is -0.0610. The first-order valence-electron chi connectivity index (χ1n) is 10.5. The predicted octanol–water partition coefficient (Wildman–Crippen LogP) is 1.39. The van der Waals surface area contributed by atoms with E-state index < -0.39 is 38.5 Å². The summed E-state index contributed by atoms with van der Waals surface area (Å²) in [6.07, 6.45) is -4.30. The van der Waals surface area contributed by atoms with Gasteiger partial charge in [0.1, 0.15) is 48.0 Å². The summed E-state index contributed by atoms with van der Waals surface area (Å²) in [6.45, 7) is 1.48. The van der Waals surface area contributed by atoms with Crippen molar-refractivity contribution in [3.8, 4) is 6.07 Å². The van der Waals surface area contributed by atoms with E-state index in [9.17, 15) is 24.4 Å². The number of aliphatic hydroxyl groups excluding tert-OH is 2. The number of aromatic nitrogens is 3. The molecule has 14 heteroatoms. The Labute approximate surface area is 198 Å². The molecule has 35 heavy (non-hydrogen) atoms. The highest BCUT2D eigenvalue weighted by Crippen LogP contribution is 2.36. The molecule has 0 saturated carbocycles. The fourth-order valence-corrected chi connectivity index (χ4v) is 4.17. The van der Waals surface area contributed by atoms with Gasteiger partial charge < -0.3 is 39.4 Å². The number of hydrogen-bond donors (Lipinski definition) is 5. The van der Waals surface area contributed by atoms with E-state index in [0.29, 0.717) is 11.2 Å². The fraction of sp³-hybridized carbons (Fsp3) is 0.381. The number of ether oxygens (including phenoxy) is 2. The summed E-state index contributed by atoms with van der Waals surface area (Å²) in [5.41, 5.74) is 1.03. The molecule has 4 rings (SSSR count). The number of nitriles is 1. The maximum Gasteiger partial charge on any atom is 0.350 e. The van der Waals surface area contributed by atoms with Gasteiger partial charge in [-0.05, 0) is 30.7 Å². The third-order valence-corrected chi connectivity index (χ3v) is 6.07. The van der Waals surface area contributed by atoms with Gasteiger partial charge in [0.25, 0.3) is 0 Å². The molecule has 0 spiro atoms. The lowest BCUT2D eigenvalue weighted by atomic mass is 10.1. The molecular formula is C21H23FN5O7P. The number of hydrogen-bond acceptors (Lipinski definition) is 9. The molecule has 0 bridgehead atoms. The highest BCUT2D eigenvalue weighted by molar-refractivity contribution is 7.51. The van der Waals surface area contributed by atoms with Crippen LogP contribution in [0.25, 0.3) is 11.0 Å². The number of fused-ring (bicyclic) bond motifs is 1. The molecule has 1 saturated heterocycles. The molecule has 12 nitrogen and oxygen atoms in total. The van der Waals surface area contributed by atoms with E-state index in [1.165, 1.54) is 16.7 Å². The second-order valence-corrected chi connectivity index (χ2v) is 9.68. The summed E-state index contributed by atoms with van der Waals surface area (Å²) in [5, 5.41) is 34.1. The van der Waals surface area contributed by atoms with Crippen LogP contribution in [0.4, 0.5) is 10.2 Å². The quantitative estimate of drug-likeness (QED) is 0.278. The maximum absolute atomic E-state index is 13.3. The maximum atomic E-state index is 13.3. The van der Waals surface area contributed by atoms with Crippen molar-refractivity contribution in [2.45, 2.75) is 37.5 Å². The Hall–Kier alpha value is -2.95. The minimum Gasteiger partial charge on any atom is -0.387 e. The number of nitrogens with zero attached hydrogens (tertiary/aromatic N) is 4. The molecule has 0 radical (unpaired) electrons. The molecule has 1 aromatic carbocycles. The minimum atomic E-state index is -4.41. The van der Waals surface area contributed by atoms with Gasteiger partial charge >= 0.3 is 7.60 Å². The van der Waals surface area contributed by atoms with Crippen LogP contribution in [0.2, 0.25) is 0 Å². The molecule has 2 aromatic heterocycles. The molecule has 0 aliphatic carbocycles. The zero-order chi connectivity index (χ0) is 25.3. The number of rotatable bonds is 8. The van der Waals surface area contributed by atoms with Crippen LogP contribution in [0.1, 0.15) is 30.6 Å². The van der Waals surface area contributed by atoms with E-state index >= 15 is 0 Å². The number of nitrogens with one attached hydrogen (secondary N) is 1. The van der Waals surface area contributed by atoms with Crippen molar-refractivity contribution in [2.75, 3.05) is 18.3 Å². The van der Waals surface area contributed by atoms with Gasteiger partial charge in [-0.3, -0.25) is 4.57 Å². The zero-order valence-corrected chi connectivity index (χ0v) is 19.3. The summed E-state index contributed by atoms with van der Waals surface area (Å²) in [7, 11) is -4.41. The van der Waals surface area contributed by atoms with Gasteiger partial charge in [0.05, 0.1) is 12.0 Å². The summed E-state index contributed by atoms with van der Waals surface area (Å²) in [5.74, 6) is -0.186. The Kier molecular flexibility index (Phi) is 7.16. The van der Waals surface area contributed by atoms with Crippen LogP contribution in [0.15, 0.2) is 36.5 Å². The summed E-state index contributed by atoms with van der Waals surface area (Å²) >= 11 is 0. The SMILES string of the molecule is CC(Nc1nc(C#N)nc2c1ccn2[C@@H]1O[C@H](COCP(=O)(O)O)[C@@H](O)[C@H]1O)c1ccc(F)cc1. The van der Waals surface area contributed by atoms with E-state index in [4.69, 9.17) is 19.3 Å². The Morgan fingerprint density at radius 1 is 1.26 bits per heavy atom. The monoisotopic (exact) mass is 507 g/mol. The molecular weight excluding hydrogens is 484 g/mol. The lowest BCUT2D eigenvalue weighted by Crippen LogP contribution is -2.33. The van der Waals surface area contributed by atoms with Crippen LogP contribution in [0.3, 0.4) is 0 Å². The van der Waals surface area contributed by atoms with Crippen LogP contribution >= 0.6 is 7.60 Å². The molecule has 3 aromatic rings. The molecule has 0 amide bonds. The van der Waals surface area contributed by atoms with Crippen molar-refractivity contribution in [3.05, 3.63) is 53.7 Å². The molecule has 186 valence electrons. The first-order chi connectivity index (χ1) is 16.6. The van der Waals surface area contributed by atoms with Crippen LogP contribution in [0.5, 0.6) is 0 Å². The second-order valence-electron chi connectivity index (χ2n) is 8.10. The number of halogens is 1. The smallest absolute Gasteiger partial charge is 0.350 e. The van der Waals surface area contributed by atoms with Crippen LogP contribution in [0, 0.1) is 17.1 Å². The molecule has 1 aliphatic rings. The average Bonchev–Trinajstić information content (AvgIpc) is 3.35. The number of anilines is 1. The zero-order valence-electron chi connectivity index (χ0n) is 18.4. The van der Waals surface area contributed by atoms with E-state index in [2.05, 4.69) is 15.3 Å². The van der Waals surface area contributed by atoms with E-state index in [1.807, 2.05) is 13.0 Å². The molecule has 1 aliphatic heterocycles. The Balaban J connectivity index is 1.60. The molecule has 1 unspecified atom stereocenters. The summed E-state index contributed by atoms with van der Waals surface area (Å²) in [4.78, 5) is 26.3. The van der Waals surface area contributed by atoms with Gasteiger partial charge in [-0.2, -0.15) is 5.26 Å². The van der Waals surface area contributed by atoms with E-state index in [0.717, 1.165) is 5.56 Å². The average molecular weight is 507 g/mol. The van der Waals surface area contributed by atoms with E-state index in [1.54, 1.807) is 24.4 Å².